The zero-order valence-electron chi connectivity index (χ0n) is 7.47. The summed E-state index contributed by atoms with van der Waals surface area (Å²) in [6.07, 6.45) is 4.76. The summed E-state index contributed by atoms with van der Waals surface area (Å²) in [5, 5.41) is 9.79. The van der Waals surface area contributed by atoms with Gasteiger partial charge >= 0.3 is 0 Å². The van der Waals surface area contributed by atoms with Crippen molar-refractivity contribution in [3.63, 3.8) is 0 Å². The van der Waals surface area contributed by atoms with Crippen LogP contribution in [0.4, 0.5) is 0 Å². The summed E-state index contributed by atoms with van der Waals surface area (Å²) in [4.78, 5) is 8.06. The first kappa shape index (κ1) is 8.44. The second kappa shape index (κ2) is 3.30. The van der Waals surface area contributed by atoms with Crippen molar-refractivity contribution in [2.75, 3.05) is 7.11 Å². The predicted octanol–water partition coefficient (Wildman–Crippen LogP) is 0.929. The summed E-state index contributed by atoms with van der Waals surface area (Å²) in [5.41, 5.74) is 0.563. The minimum atomic E-state index is -0.511. The number of aliphatic hydroxyl groups excluding tert-OH is 1. The van der Waals surface area contributed by atoms with Crippen molar-refractivity contribution in [2.45, 2.75) is 18.9 Å². The quantitative estimate of drug-likeness (QED) is 0.751. The van der Waals surface area contributed by atoms with Gasteiger partial charge in [-0.05, 0) is 18.8 Å². The number of methoxy groups -OCH3 is 1. The molecule has 1 aromatic heterocycles. The summed E-state index contributed by atoms with van der Waals surface area (Å²) in [5.74, 6) is 0.785. The highest BCUT2D eigenvalue weighted by atomic mass is 16.5. The van der Waals surface area contributed by atoms with Crippen molar-refractivity contribution >= 4 is 0 Å². The fraction of sp³-hybridized carbons (Fsp3) is 0.556. The molecule has 4 heteroatoms. The molecule has 2 rings (SSSR count). The largest absolute Gasteiger partial charge is 0.480 e. The lowest BCUT2D eigenvalue weighted by Crippen LogP contribution is -2.06. The van der Waals surface area contributed by atoms with Crippen LogP contribution in [0.3, 0.4) is 0 Å². The number of aromatic nitrogens is 2. The smallest absolute Gasteiger partial charge is 0.238 e. The third-order valence-electron chi connectivity index (χ3n) is 2.23. The summed E-state index contributed by atoms with van der Waals surface area (Å²) >= 11 is 0. The van der Waals surface area contributed by atoms with Crippen molar-refractivity contribution in [1.82, 2.24) is 9.97 Å². The highest BCUT2D eigenvalue weighted by Gasteiger charge is 2.33. The molecule has 70 valence electrons. The van der Waals surface area contributed by atoms with Crippen LogP contribution in [0.1, 0.15) is 24.6 Å². The Kier molecular flexibility index (Phi) is 2.14. The van der Waals surface area contributed by atoms with E-state index in [9.17, 15) is 5.11 Å². The molecule has 1 saturated carbocycles. The number of aliphatic hydroxyl groups is 1. The Bertz CT molecular complexity index is 299. The summed E-state index contributed by atoms with van der Waals surface area (Å²) in [7, 11) is 1.53. The van der Waals surface area contributed by atoms with E-state index in [4.69, 9.17) is 4.74 Å². The van der Waals surface area contributed by atoms with Crippen LogP contribution in [0.25, 0.3) is 0 Å². The summed E-state index contributed by atoms with van der Waals surface area (Å²) < 4.78 is 5.01. The fourth-order valence-electron chi connectivity index (χ4n) is 1.33. The Labute approximate surface area is 76.6 Å². The SMILES string of the molecule is COc1nccnc1C(O)C1CC1. The van der Waals surface area contributed by atoms with Crippen LogP contribution in [0.15, 0.2) is 12.4 Å². The molecule has 1 fully saturated rings. The molecular weight excluding hydrogens is 168 g/mol. The van der Waals surface area contributed by atoms with Crippen LogP contribution in [0.5, 0.6) is 5.88 Å². The summed E-state index contributed by atoms with van der Waals surface area (Å²) in [6, 6.07) is 0. The van der Waals surface area contributed by atoms with Crippen molar-refractivity contribution in [2.24, 2.45) is 5.92 Å². The Morgan fingerprint density at radius 1 is 1.46 bits per heavy atom. The Morgan fingerprint density at radius 3 is 2.77 bits per heavy atom. The van der Waals surface area contributed by atoms with Gasteiger partial charge in [0.05, 0.1) is 7.11 Å². The minimum absolute atomic E-state index is 0.352. The van der Waals surface area contributed by atoms with E-state index in [2.05, 4.69) is 9.97 Å². The average molecular weight is 180 g/mol. The highest BCUT2D eigenvalue weighted by molar-refractivity contribution is 5.21. The lowest BCUT2D eigenvalue weighted by atomic mass is 10.2. The average Bonchev–Trinajstić information content (AvgIpc) is 3.00. The molecule has 1 unspecified atom stereocenters. The maximum Gasteiger partial charge on any atom is 0.238 e. The molecule has 1 aliphatic carbocycles. The topological polar surface area (TPSA) is 55.2 Å². The molecule has 0 aliphatic heterocycles. The first-order valence-electron chi connectivity index (χ1n) is 4.36. The van der Waals surface area contributed by atoms with Gasteiger partial charge in [0.1, 0.15) is 11.8 Å². The molecular formula is C9H12N2O2. The second-order valence-electron chi connectivity index (χ2n) is 3.23. The van der Waals surface area contributed by atoms with E-state index >= 15 is 0 Å². The van der Waals surface area contributed by atoms with Crippen molar-refractivity contribution in [3.8, 4) is 5.88 Å². The number of hydrogen-bond donors (Lipinski definition) is 1. The van der Waals surface area contributed by atoms with Crippen LogP contribution < -0.4 is 4.74 Å². The molecule has 0 saturated heterocycles. The van der Waals surface area contributed by atoms with Crippen molar-refractivity contribution in [3.05, 3.63) is 18.1 Å². The molecule has 4 nitrogen and oxygen atoms in total. The number of hydrogen-bond acceptors (Lipinski definition) is 4. The van der Waals surface area contributed by atoms with Gasteiger partial charge in [-0.2, -0.15) is 0 Å². The molecule has 1 aromatic rings. The van der Waals surface area contributed by atoms with Gasteiger partial charge in [0.25, 0.3) is 0 Å². The second-order valence-corrected chi connectivity index (χ2v) is 3.23. The van der Waals surface area contributed by atoms with Gasteiger partial charge in [0.15, 0.2) is 0 Å². The van der Waals surface area contributed by atoms with Crippen LogP contribution in [0.2, 0.25) is 0 Å². The zero-order chi connectivity index (χ0) is 9.26. The van der Waals surface area contributed by atoms with Crippen LogP contribution in [-0.4, -0.2) is 22.2 Å². The predicted molar refractivity (Wildman–Crippen MR) is 46.3 cm³/mol. The number of nitrogens with zero attached hydrogens (tertiary/aromatic N) is 2. The third-order valence-corrected chi connectivity index (χ3v) is 2.23. The monoisotopic (exact) mass is 180 g/mol. The van der Waals surface area contributed by atoms with Gasteiger partial charge in [-0.25, -0.2) is 4.98 Å². The molecule has 0 aromatic carbocycles. The maximum absolute atomic E-state index is 9.79. The minimum Gasteiger partial charge on any atom is -0.480 e. The maximum atomic E-state index is 9.79. The van der Waals surface area contributed by atoms with Crippen LogP contribution >= 0.6 is 0 Å². The molecule has 0 amide bonds. The first-order valence-corrected chi connectivity index (χ1v) is 4.36. The van der Waals surface area contributed by atoms with Crippen molar-refractivity contribution < 1.29 is 9.84 Å². The lowest BCUT2D eigenvalue weighted by molar-refractivity contribution is 0.144. The number of rotatable bonds is 3. The molecule has 1 N–H and O–H groups in total. The lowest BCUT2D eigenvalue weighted by Gasteiger charge is -2.10. The van der Waals surface area contributed by atoms with E-state index in [-0.39, 0.29) is 0 Å². The Morgan fingerprint density at radius 2 is 2.15 bits per heavy atom. The van der Waals surface area contributed by atoms with Gasteiger partial charge in [0.2, 0.25) is 5.88 Å². The van der Waals surface area contributed by atoms with Gasteiger partial charge in [-0.3, -0.25) is 4.98 Å². The molecule has 1 aliphatic rings. The van der Waals surface area contributed by atoms with E-state index in [0.717, 1.165) is 12.8 Å². The van der Waals surface area contributed by atoms with E-state index in [1.54, 1.807) is 12.4 Å². The molecule has 1 atom stereocenters. The van der Waals surface area contributed by atoms with E-state index in [0.29, 0.717) is 17.5 Å². The van der Waals surface area contributed by atoms with Gasteiger partial charge < -0.3 is 9.84 Å². The van der Waals surface area contributed by atoms with E-state index in [1.807, 2.05) is 0 Å². The first-order chi connectivity index (χ1) is 6.33. The molecule has 1 heterocycles. The van der Waals surface area contributed by atoms with Gasteiger partial charge in [-0.15, -0.1) is 0 Å². The molecule has 0 spiro atoms. The van der Waals surface area contributed by atoms with Crippen molar-refractivity contribution in [1.29, 1.82) is 0 Å². The standard InChI is InChI=1S/C9H12N2O2/c1-13-9-7(10-4-5-11-9)8(12)6-2-3-6/h4-6,8,12H,2-3H2,1H3. The van der Waals surface area contributed by atoms with Crippen LogP contribution in [0, 0.1) is 5.92 Å². The van der Waals surface area contributed by atoms with Crippen LogP contribution in [-0.2, 0) is 0 Å². The third kappa shape index (κ3) is 1.62. The Hall–Kier alpha value is -1.16. The fourth-order valence-corrected chi connectivity index (χ4v) is 1.33. The van der Waals surface area contributed by atoms with E-state index in [1.165, 1.54) is 7.11 Å². The Balaban J connectivity index is 2.26. The molecule has 0 radical (unpaired) electrons. The number of ether oxygens (including phenoxy) is 1. The van der Waals surface area contributed by atoms with E-state index < -0.39 is 6.10 Å². The molecule has 0 bridgehead atoms. The van der Waals surface area contributed by atoms with Gasteiger partial charge in [0, 0.05) is 12.4 Å². The molecule has 13 heavy (non-hydrogen) atoms. The normalized spacial score (nSPS) is 18.3. The van der Waals surface area contributed by atoms with Gasteiger partial charge in [-0.1, -0.05) is 0 Å². The zero-order valence-corrected chi connectivity index (χ0v) is 7.47. The summed E-state index contributed by atoms with van der Waals surface area (Å²) in [6.45, 7) is 0. The highest BCUT2D eigenvalue weighted by Crippen LogP contribution is 2.41.